The zero-order valence-corrected chi connectivity index (χ0v) is 13.4. The predicted molar refractivity (Wildman–Crippen MR) is 84.6 cm³/mol. The number of benzene rings is 1. The Morgan fingerprint density at radius 2 is 1.78 bits per heavy atom. The maximum Gasteiger partial charge on any atom is 0.310 e. The van der Waals surface area contributed by atoms with Gasteiger partial charge in [0.1, 0.15) is 0 Å². The van der Waals surface area contributed by atoms with Gasteiger partial charge in [-0.1, -0.05) is 23.7 Å². The van der Waals surface area contributed by atoms with Crippen molar-refractivity contribution in [2.24, 2.45) is 11.7 Å². The molecule has 6 nitrogen and oxygen atoms in total. The molecule has 124 valence electrons. The van der Waals surface area contributed by atoms with Crippen molar-refractivity contribution in [2.75, 3.05) is 19.7 Å². The number of rotatable bonds is 5. The molecule has 0 aliphatic carbocycles. The summed E-state index contributed by atoms with van der Waals surface area (Å²) in [5.74, 6) is -1.22. The lowest BCUT2D eigenvalue weighted by Gasteiger charge is -2.30. The van der Waals surface area contributed by atoms with Gasteiger partial charge >= 0.3 is 5.97 Å². The van der Waals surface area contributed by atoms with Crippen molar-refractivity contribution < 1.29 is 19.1 Å². The summed E-state index contributed by atoms with van der Waals surface area (Å²) in [6.45, 7) is 0.635. The minimum Gasteiger partial charge on any atom is -0.455 e. The molecule has 2 amide bonds. The zero-order chi connectivity index (χ0) is 16.8. The van der Waals surface area contributed by atoms with Crippen molar-refractivity contribution in [3.63, 3.8) is 0 Å². The first-order valence-corrected chi connectivity index (χ1v) is 7.80. The second-order valence-corrected chi connectivity index (χ2v) is 5.96. The second-order valence-electron chi connectivity index (χ2n) is 5.52. The number of piperidine rings is 1. The van der Waals surface area contributed by atoms with E-state index in [4.69, 9.17) is 22.1 Å². The SMILES string of the molecule is NC(=O)C1CCN(C(=O)COC(=O)Cc2ccc(Cl)cc2)CC1. The summed E-state index contributed by atoms with van der Waals surface area (Å²) in [6.07, 6.45) is 1.20. The van der Waals surface area contributed by atoms with Crippen LogP contribution in [-0.2, 0) is 25.5 Å². The molecule has 2 rings (SSSR count). The van der Waals surface area contributed by atoms with Crippen LogP contribution in [0.25, 0.3) is 0 Å². The minimum absolute atomic E-state index is 0.0915. The third-order valence-electron chi connectivity index (χ3n) is 3.87. The van der Waals surface area contributed by atoms with E-state index >= 15 is 0 Å². The number of halogens is 1. The first kappa shape index (κ1) is 17.3. The maximum atomic E-state index is 12.0. The van der Waals surface area contributed by atoms with Crippen LogP contribution in [0.15, 0.2) is 24.3 Å². The molecule has 1 aromatic rings. The van der Waals surface area contributed by atoms with Gasteiger partial charge in [0.15, 0.2) is 6.61 Å². The van der Waals surface area contributed by atoms with Crippen LogP contribution in [0.1, 0.15) is 18.4 Å². The van der Waals surface area contributed by atoms with Crippen molar-refractivity contribution in [2.45, 2.75) is 19.3 Å². The second kappa shape index (κ2) is 7.97. The van der Waals surface area contributed by atoms with Gasteiger partial charge in [-0.15, -0.1) is 0 Å². The molecule has 0 saturated carbocycles. The van der Waals surface area contributed by atoms with Crippen molar-refractivity contribution in [3.05, 3.63) is 34.9 Å². The molecule has 23 heavy (non-hydrogen) atoms. The fraction of sp³-hybridized carbons (Fsp3) is 0.438. The average molecular weight is 339 g/mol. The number of nitrogens with zero attached hydrogens (tertiary/aromatic N) is 1. The van der Waals surface area contributed by atoms with Crippen LogP contribution < -0.4 is 5.73 Å². The van der Waals surface area contributed by atoms with Crippen molar-refractivity contribution in [1.82, 2.24) is 4.90 Å². The summed E-state index contributed by atoms with van der Waals surface area (Å²) in [6, 6.07) is 6.86. The summed E-state index contributed by atoms with van der Waals surface area (Å²) in [5.41, 5.74) is 6.02. The Morgan fingerprint density at radius 1 is 1.17 bits per heavy atom. The van der Waals surface area contributed by atoms with E-state index in [9.17, 15) is 14.4 Å². The van der Waals surface area contributed by atoms with Gasteiger partial charge in [0.25, 0.3) is 5.91 Å². The summed E-state index contributed by atoms with van der Waals surface area (Å²) in [7, 11) is 0. The summed E-state index contributed by atoms with van der Waals surface area (Å²) >= 11 is 5.77. The number of carbonyl (C=O) groups excluding carboxylic acids is 3. The van der Waals surface area contributed by atoms with Gasteiger partial charge in [0, 0.05) is 24.0 Å². The van der Waals surface area contributed by atoms with Crippen LogP contribution in [-0.4, -0.2) is 42.4 Å². The van der Waals surface area contributed by atoms with Gasteiger partial charge < -0.3 is 15.4 Å². The minimum atomic E-state index is -0.465. The zero-order valence-electron chi connectivity index (χ0n) is 12.7. The van der Waals surface area contributed by atoms with Crippen molar-refractivity contribution in [3.8, 4) is 0 Å². The number of amides is 2. The number of esters is 1. The highest BCUT2D eigenvalue weighted by molar-refractivity contribution is 6.30. The van der Waals surface area contributed by atoms with Crippen LogP contribution >= 0.6 is 11.6 Å². The third kappa shape index (κ3) is 5.25. The quantitative estimate of drug-likeness (QED) is 0.815. The highest BCUT2D eigenvalue weighted by atomic mass is 35.5. The number of likely N-dealkylation sites (tertiary alicyclic amines) is 1. The normalized spacial score (nSPS) is 15.3. The van der Waals surface area contributed by atoms with Crippen molar-refractivity contribution in [1.29, 1.82) is 0 Å². The molecule has 0 atom stereocenters. The van der Waals surface area contributed by atoms with E-state index in [1.165, 1.54) is 0 Å². The smallest absolute Gasteiger partial charge is 0.310 e. The van der Waals surface area contributed by atoms with Crippen LogP contribution in [0.3, 0.4) is 0 Å². The van der Waals surface area contributed by atoms with E-state index in [-0.39, 0.29) is 30.8 Å². The van der Waals surface area contributed by atoms with Gasteiger partial charge in [0.2, 0.25) is 5.91 Å². The first-order valence-electron chi connectivity index (χ1n) is 7.43. The Bertz CT molecular complexity index is 580. The van der Waals surface area contributed by atoms with Gasteiger partial charge in [-0.25, -0.2) is 0 Å². The number of ether oxygens (including phenoxy) is 1. The molecule has 2 N–H and O–H groups in total. The highest BCUT2D eigenvalue weighted by Gasteiger charge is 2.26. The molecule has 0 bridgehead atoms. The lowest BCUT2D eigenvalue weighted by molar-refractivity contribution is -0.152. The number of hydrogen-bond donors (Lipinski definition) is 1. The molecule has 7 heteroatoms. The molecule has 0 unspecified atom stereocenters. The fourth-order valence-electron chi connectivity index (χ4n) is 2.47. The van der Waals surface area contributed by atoms with Crippen molar-refractivity contribution >= 4 is 29.4 Å². The Hall–Kier alpha value is -2.08. The van der Waals surface area contributed by atoms with E-state index in [1.807, 2.05) is 0 Å². The molecule has 1 aliphatic heterocycles. The lowest BCUT2D eigenvalue weighted by Crippen LogP contribution is -2.43. The summed E-state index contributed by atoms with van der Waals surface area (Å²) in [5, 5.41) is 0.594. The number of nitrogens with two attached hydrogens (primary N) is 1. The standard InChI is InChI=1S/C16H19ClN2O4/c17-13-3-1-11(2-4-13)9-15(21)23-10-14(20)19-7-5-12(6-8-19)16(18)22/h1-4,12H,5-10H2,(H2,18,22). The van der Waals surface area contributed by atoms with E-state index in [0.717, 1.165) is 5.56 Å². The molecule has 0 aromatic heterocycles. The molecular weight excluding hydrogens is 320 g/mol. The molecule has 1 saturated heterocycles. The number of carbonyl (C=O) groups is 3. The Labute approximate surface area is 139 Å². The maximum absolute atomic E-state index is 12.0. The molecule has 0 spiro atoms. The third-order valence-corrected chi connectivity index (χ3v) is 4.12. The lowest BCUT2D eigenvalue weighted by atomic mass is 9.96. The monoisotopic (exact) mass is 338 g/mol. The largest absolute Gasteiger partial charge is 0.455 e. The molecule has 1 aromatic carbocycles. The first-order chi connectivity index (χ1) is 11.0. The number of primary amides is 1. The Balaban J connectivity index is 1.73. The van der Waals surface area contributed by atoms with Gasteiger partial charge in [-0.3, -0.25) is 14.4 Å². The number of hydrogen-bond acceptors (Lipinski definition) is 4. The summed E-state index contributed by atoms with van der Waals surface area (Å²) in [4.78, 5) is 36.4. The van der Waals surface area contributed by atoms with E-state index in [0.29, 0.717) is 31.0 Å². The molecular formula is C16H19ClN2O4. The molecule has 1 fully saturated rings. The van der Waals surface area contributed by atoms with E-state index < -0.39 is 5.97 Å². The summed E-state index contributed by atoms with van der Waals surface area (Å²) < 4.78 is 5.01. The topological polar surface area (TPSA) is 89.7 Å². The fourth-order valence-corrected chi connectivity index (χ4v) is 2.59. The van der Waals surface area contributed by atoms with Crippen LogP contribution in [0.5, 0.6) is 0 Å². The van der Waals surface area contributed by atoms with E-state index in [1.54, 1.807) is 29.2 Å². The van der Waals surface area contributed by atoms with Crippen LogP contribution in [0, 0.1) is 5.92 Å². The average Bonchev–Trinajstić information content (AvgIpc) is 2.55. The molecule has 0 radical (unpaired) electrons. The predicted octanol–water partition coefficient (Wildman–Crippen LogP) is 1.15. The van der Waals surface area contributed by atoms with Crippen LogP contribution in [0.4, 0.5) is 0 Å². The van der Waals surface area contributed by atoms with Gasteiger partial charge in [0.05, 0.1) is 6.42 Å². The Morgan fingerprint density at radius 3 is 2.35 bits per heavy atom. The highest BCUT2D eigenvalue weighted by Crippen LogP contribution is 2.16. The molecule has 1 heterocycles. The molecule has 1 aliphatic rings. The van der Waals surface area contributed by atoms with Gasteiger partial charge in [-0.05, 0) is 30.5 Å². The Kier molecular flexibility index (Phi) is 5.98. The van der Waals surface area contributed by atoms with Crippen LogP contribution in [0.2, 0.25) is 5.02 Å². The van der Waals surface area contributed by atoms with E-state index in [2.05, 4.69) is 0 Å². The van der Waals surface area contributed by atoms with Gasteiger partial charge in [-0.2, -0.15) is 0 Å².